The standard InChI is InChI=1S/C12H11N3O/c1-9-11(5-3-7-14-9)12(16)15-10-4-2-6-13-8-10/h2-8H,1H3,(H,15,16). The summed E-state index contributed by atoms with van der Waals surface area (Å²) in [6, 6.07) is 7.04. The lowest BCUT2D eigenvalue weighted by Crippen LogP contribution is -2.13. The van der Waals surface area contributed by atoms with E-state index in [0.29, 0.717) is 16.9 Å². The van der Waals surface area contributed by atoms with Gasteiger partial charge in [-0.2, -0.15) is 0 Å². The van der Waals surface area contributed by atoms with Gasteiger partial charge in [0.15, 0.2) is 0 Å². The Labute approximate surface area is 93.4 Å². The minimum absolute atomic E-state index is 0.168. The molecule has 0 aliphatic carbocycles. The molecule has 0 fully saturated rings. The van der Waals surface area contributed by atoms with Crippen molar-refractivity contribution < 1.29 is 4.79 Å². The Kier molecular flexibility index (Phi) is 2.91. The number of aryl methyl sites for hydroxylation is 1. The molecule has 1 N–H and O–H groups in total. The zero-order valence-electron chi connectivity index (χ0n) is 8.84. The highest BCUT2D eigenvalue weighted by Crippen LogP contribution is 2.08. The van der Waals surface area contributed by atoms with Crippen molar-refractivity contribution in [3.05, 3.63) is 54.1 Å². The lowest BCUT2D eigenvalue weighted by atomic mass is 10.2. The highest BCUT2D eigenvalue weighted by molar-refractivity contribution is 6.04. The number of carbonyl (C=O) groups is 1. The fourth-order valence-electron chi connectivity index (χ4n) is 1.36. The molecular formula is C12H11N3O. The molecule has 4 heteroatoms. The van der Waals surface area contributed by atoms with Crippen molar-refractivity contribution in [3.63, 3.8) is 0 Å². The molecule has 0 aliphatic rings. The Morgan fingerprint density at radius 1 is 1.25 bits per heavy atom. The Balaban J connectivity index is 2.19. The molecule has 0 saturated carbocycles. The van der Waals surface area contributed by atoms with Gasteiger partial charge in [0, 0.05) is 18.1 Å². The van der Waals surface area contributed by atoms with E-state index in [-0.39, 0.29) is 5.91 Å². The SMILES string of the molecule is Cc1ncccc1C(=O)Nc1cccnc1. The molecule has 2 aromatic heterocycles. The van der Waals surface area contributed by atoms with E-state index in [2.05, 4.69) is 15.3 Å². The highest BCUT2D eigenvalue weighted by atomic mass is 16.1. The summed E-state index contributed by atoms with van der Waals surface area (Å²) in [5, 5.41) is 2.76. The minimum atomic E-state index is -0.168. The average Bonchev–Trinajstić information content (AvgIpc) is 2.31. The van der Waals surface area contributed by atoms with Crippen LogP contribution < -0.4 is 5.32 Å². The molecule has 4 nitrogen and oxygen atoms in total. The molecule has 0 spiro atoms. The van der Waals surface area contributed by atoms with E-state index >= 15 is 0 Å². The van der Waals surface area contributed by atoms with E-state index in [1.807, 2.05) is 0 Å². The fourth-order valence-corrected chi connectivity index (χ4v) is 1.36. The molecule has 0 aliphatic heterocycles. The number of rotatable bonds is 2. The van der Waals surface area contributed by atoms with Gasteiger partial charge in [-0.1, -0.05) is 0 Å². The van der Waals surface area contributed by atoms with Crippen LogP contribution in [0, 0.1) is 6.92 Å². The van der Waals surface area contributed by atoms with Gasteiger partial charge in [-0.15, -0.1) is 0 Å². The van der Waals surface area contributed by atoms with Gasteiger partial charge < -0.3 is 5.32 Å². The van der Waals surface area contributed by atoms with Crippen LogP contribution in [-0.2, 0) is 0 Å². The van der Waals surface area contributed by atoms with Crippen LogP contribution in [0.25, 0.3) is 0 Å². The zero-order valence-corrected chi connectivity index (χ0v) is 8.84. The number of aromatic nitrogens is 2. The van der Waals surface area contributed by atoms with E-state index in [1.165, 1.54) is 0 Å². The summed E-state index contributed by atoms with van der Waals surface area (Å²) in [5.41, 5.74) is 1.96. The molecule has 0 radical (unpaired) electrons. The number of pyridine rings is 2. The lowest BCUT2D eigenvalue weighted by molar-refractivity contribution is 0.102. The Morgan fingerprint density at radius 3 is 2.75 bits per heavy atom. The average molecular weight is 213 g/mol. The van der Waals surface area contributed by atoms with Crippen molar-refractivity contribution >= 4 is 11.6 Å². The van der Waals surface area contributed by atoms with Gasteiger partial charge in [0.1, 0.15) is 0 Å². The second kappa shape index (κ2) is 4.53. The topological polar surface area (TPSA) is 54.9 Å². The molecule has 0 saturated heterocycles. The largest absolute Gasteiger partial charge is 0.321 e. The molecule has 2 aromatic rings. The fraction of sp³-hybridized carbons (Fsp3) is 0.0833. The van der Waals surface area contributed by atoms with Crippen LogP contribution in [0.15, 0.2) is 42.9 Å². The lowest BCUT2D eigenvalue weighted by Gasteiger charge is -2.05. The van der Waals surface area contributed by atoms with Crippen LogP contribution in [0.2, 0.25) is 0 Å². The van der Waals surface area contributed by atoms with E-state index in [9.17, 15) is 4.79 Å². The van der Waals surface area contributed by atoms with Crippen molar-refractivity contribution in [1.29, 1.82) is 0 Å². The van der Waals surface area contributed by atoms with Crippen molar-refractivity contribution in [2.45, 2.75) is 6.92 Å². The number of nitrogens with zero attached hydrogens (tertiary/aromatic N) is 2. The molecule has 0 atom stereocenters. The number of nitrogens with one attached hydrogen (secondary N) is 1. The highest BCUT2D eigenvalue weighted by Gasteiger charge is 2.08. The third-order valence-corrected chi connectivity index (χ3v) is 2.17. The van der Waals surface area contributed by atoms with Crippen molar-refractivity contribution in [1.82, 2.24) is 9.97 Å². The second-order valence-electron chi connectivity index (χ2n) is 3.33. The number of anilines is 1. The molecular weight excluding hydrogens is 202 g/mol. The van der Waals surface area contributed by atoms with Gasteiger partial charge in [-0.25, -0.2) is 0 Å². The number of hydrogen-bond acceptors (Lipinski definition) is 3. The van der Waals surface area contributed by atoms with E-state index < -0.39 is 0 Å². The summed E-state index contributed by atoms with van der Waals surface area (Å²) in [6.45, 7) is 1.80. The molecule has 2 heterocycles. The molecule has 2 rings (SSSR count). The third kappa shape index (κ3) is 2.23. The summed E-state index contributed by atoms with van der Waals surface area (Å²) in [4.78, 5) is 19.8. The van der Waals surface area contributed by atoms with Crippen molar-refractivity contribution in [3.8, 4) is 0 Å². The predicted octanol–water partition coefficient (Wildman–Crippen LogP) is 2.04. The van der Waals surface area contributed by atoms with Crippen LogP contribution in [0.4, 0.5) is 5.69 Å². The van der Waals surface area contributed by atoms with Crippen LogP contribution >= 0.6 is 0 Å². The maximum Gasteiger partial charge on any atom is 0.257 e. The first-order valence-electron chi connectivity index (χ1n) is 4.90. The van der Waals surface area contributed by atoms with Gasteiger partial charge in [-0.3, -0.25) is 14.8 Å². The summed E-state index contributed by atoms with van der Waals surface area (Å²) in [6.07, 6.45) is 4.92. The van der Waals surface area contributed by atoms with Crippen LogP contribution in [0.3, 0.4) is 0 Å². The summed E-state index contributed by atoms with van der Waals surface area (Å²) in [5.74, 6) is -0.168. The smallest absolute Gasteiger partial charge is 0.257 e. The Bertz CT molecular complexity index is 497. The van der Waals surface area contributed by atoms with Gasteiger partial charge in [-0.05, 0) is 31.2 Å². The quantitative estimate of drug-likeness (QED) is 0.830. The van der Waals surface area contributed by atoms with E-state index in [0.717, 1.165) is 0 Å². The van der Waals surface area contributed by atoms with Gasteiger partial charge in [0.2, 0.25) is 0 Å². The van der Waals surface area contributed by atoms with Crippen LogP contribution in [0.5, 0.6) is 0 Å². The summed E-state index contributed by atoms with van der Waals surface area (Å²) in [7, 11) is 0. The second-order valence-corrected chi connectivity index (χ2v) is 3.33. The Morgan fingerprint density at radius 2 is 2.06 bits per heavy atom. The summed E-state index contributed by atoms with van der Waals surface area (Å²) >= 11 is 0. The summed E-state index contributed by atoms with van der Waals surface area (Å²) < 4.78 is 0. The van der Waals surface area contributed by atoms with E-state index in [4.69, 9.17) is 0 Å². The van der Waals surface area contributed by atoms with Crippen molar-refractivity contribution in [2.24, 2.45) is 0 Å². The molecule has 1 amide bonds. The monoisotopic (exact) mass is 213 g/mol. The first-order chi connectivity index (χ1) is 7.77. The first kappa shape index (κ1) is 10.3. The van der Waals surface area contributed by atoms with Gasteiger partial charge >= 0.3 is 0 Å². The van der Waals surface area contributed by atoms with Gasteiger partial charge in [0.05, 0.1) is 17.4 Å². The number of carbonyl (C=O) groups excluding carboxylic acids is 1. The number of amides is 1. The maximum atomic E-state index is 11.9. The molecule has 16 heavy (non-hydrogen) atoms. The third-order valence-electron chi connectivity index (χ3n) is 2.17. The van der Waals surface area contributed by atoms with Crippen LogP contribution in [-0.4, -0.2) is 15.9 Å². The number of hydrogen-bond donors (Lipinski definition) is 1. The predicted molar refractivity (Wildman–Crippen MR) is 61.2 cm³/mol. The maximum absolute atomic E-state index is 11.9. The molecule has 80 valence electrons. The molecule has 0 unspecified atom stereocenters. The zero-order chi connectivity index (χ0) is 11.4. The Hall–Kier alpha value is -2.23. The normalized spacial score (nSPS) is 9.81. The van der Waals surface area contributed by atoms with Gasteiger partial charge in [0.25, 0.3) is 5.91 Å². The van der Waals surface area contributed by atoms with E-state index in [1.54, 1.807) is 49.8 Å². The first-order valence-corrected chi connectivity index (χ1v) is 4.90. The molecule has 0 aromatic carbocycles. The van der Waals surface area contributed by atoms with Crippen LogP contribution in [0.1, 0.15) is 16.1 Å². The minimum Gasteiger partial charge on any atom is -0.321 e. The van der Waals surface area contributed by atoms with Crippen molar-refractivity contribution in [2.75, 3.05) is 5.32 Å². The molecule has 0 bridgehead atoms.